The van der Waals surface area contributed by atoms with Crippen LogP contribution in [0.2, 0.25) is 5.02 Å². The van der Waals surface area contributed by atoms with Gasteiger partial charge in [0, 0.05) is 38.3 Å². The number of aryl methyl sites for hydroxylation is 2. The molecule has 1 aliphatic rings. The number of H-pyrrole nitrogens is 1. The molecule has 0 radical (unpaired) electrons. The highest BCUT2D eigenvalue weighted by atomic mass is 35.5. The third-order valence-corrected chi connectivity index (χ3v) is 6.51. The maximum atomic E-state index is 6.62. The van der Waals surface area contributed by atoms with Crippen molar-refractivity contribution in [2.45, 2.75) is 33.1 Å². The van der Waals surface area contributed by atoms with Crippen molar-refractivity contribution in [1.82, 2.24) is 19.8 Å². The first kappa shape index (κ1) is 22.1. The van der Waals surface area contributed by atoms with E-state index in [-0.39, 0.29) is 0 Å². The average molecular weight is 441 g/mol. The van der Waals surface area contributed by atoms with E-state index >= 15 is 0 Å². The van der Waals surface area contributed by atoms with Gasteiger partial charge in [-0.2, -0.15) is 0 Å². The van der Waals surface area contributed by atoms with Crippen molar-refractivity contribution in [1.29, 1.82) is 0 Å². The van der Waals surface area contributed by atoms with Crippen LogP contribution in [0.3, 0.4) is 0 Å². The number of rotatable bonds is 8. The molecule has 31 heavy (non-hydrogen) atoms. The number of halogens is 1. The highest BCUT2D eigenvalue weighted by Crippen LogP contribution is 2.32. The molecule has 1 aliphatic heterocycles. The molecule has 0 aliphatic carbocycles. The topological polar surface area (TPSA) is 44.4 Å². The van der Waals surface area contributed by atoms with Crippen LogP contribution < -0.4 is 4.74 Å². The Kier molecular flexibility index (Phi) is 7.16. The molecule has 166 valence electrons. The van der Waals surface area contributed by atoms with E-state index in [1.807, 2.05) is 18.2 Å². The van der Waals surface area contributed by atoms with E-state index < -0.39 is 0 Å². The molecule has 4 rings (SSSR count). The molecule has 0 atom stereocenters. The molecule has 0 spiro atoms. The quantitative estimate of drug-likeness (QED) is 0.499. The second-order valence-electron chi connectivity index (χ2n) is 8.43. The fraction of sp³-hybridized carbons (Fsp3) is 0.480. The van der Waals surface area contributed by atoms with Crippen molar-refractivity contribution in [3.8, 4) is 17.1 Å². The summed E-state index contributed by atoms with van der Waals surface area (Å²) < 4.78 is 5.96. The van der Waals surface area contributed by atoms with Crippen molar-refractivity contribution in [3.63, 3.8) is 0 Å². The lowest BCUT2D eigenvalue weighted by Crippen LogP contribution is -2.44. The number of likely N-dealkylation sites (N-methyl/N-ethyl adjacent to an activating group) is 1. The van der Waals surface area contributed by atoms with Gasteiger partial charge < -0.3 is 19.5 Å². The number of ether oxygens (including phenoxy) is 1. The van der Waals surface area contributed by atoms with Crippen LogP contribution in [-0.4, -0.2) is 66.1 Å². The van der Waals surface area contributed by atoms with Gasteiger partial charge in [0.05, 0.1) is 22.7 Å². The largest absolute Gasteiger partial charge is 0.493 e. The molecule has 5 nitrogen and oxygen atoms in total. The number of aromatic nitrogens is 2. The Labute approximate surface area is 190 Å². The fourth-order valence-electron chi connectivity index (χ4n) is 4.18. The van der Waals surface area contributed by atoms with Gasteiger partial charge >= 0.3 is 0 Å². The minimum Gasteiger partial charge on any atom is -0.493 e. The van der Waals surface area contributed by atoms with Gasteiger partial charge in [-0.15, -0.1) is 0 Å². The number of nitrogens with zero attached hydrogens (tertiary/aromatic N) is 3. The predicted octanol–water partition coefficient (Wildman–Crippen LogP) is 5.02. The van der Waals surface area contributed by atoms with Gasteiger partial charge in [-0.05, 0) is 61.7 Å². The summed E-state index contributed by atoms with van der Waals surface area (Å²) in [5, 5.41) is 0.657. The maximum Gasteiger partial charge on any atom is 0.140 e. The van der Waals surface area contributed by atoms with E-state index in [4.69, 9.17) is 21.3 Å². The summed E-state index contributed by atoms with van der Waals surface area (Å²) >= 11 is 6.62. The maximum absolute atomic E-state index is 6.62. The lowest BCUT2D eigenvalue weighted by Gasteiger charge is -2.32. The minimum absolute atomic E-state index is 0.657. The van der Waals surface area contributed by atoms with Crippen LogP contribution in [0.5, 0.6) is 5.75 Å². The van der Waals surface area contributed by atoms with E-state index in [0.717, 1.165) is 80.2 Å². The molecule has 0 bridgehead atoms. The summed E-state index contributed by atoms with van der Waals surface area (Å²) in [6, 6.07) is 10.3. The molecule has 1 saturated heterocycles. The van der Waals surface area contributed by atoms with Crippen LogP contribution in [0.15, 0.2) is 30.3 Å². The Bertz CT molecular complexity index is 1020. The zero-order valence-electron chi connectivity index (χ0n) is 18.9. The Morgan fingerprint density at radius 1 is 1.06 bits per heavy atom. The van der Waals surface area contributed by atoms with Crippen molar-refractivity contribution in [2.24, 2.45) is 0 Å². The summed E-state index contributed by atoms with van der Waals surface area (Å²) in [6.07, 6.45) is 2.99. The monoisotopic (exact) mass is 440 g/mol. The minimum atomic E-state index is 0.657. The molecule has 6 heteroatoms. The Balaban J connectivity index is 1.40. The normalized spacial score (nSPS) is 15.6. The molecule has 0 amide bonds. The van der Waals surface area contributed by atoms with Crippen LogP contribution in [0, 0.1) is 0 Å². The summed E-state index contributed by atoms with van der Waals surface area (Å²) in [7, 11) is 2.18. The lowest BCUT2D eigenvalue weighted by molar-refractivity contribution is 0.145. The molecule has 3 aromatic rings. The van der Waals surface area contributed by atoms with Crippen molar-refractivity contribution in [2.75, 3.05) is 46.4 Å². The van der Waals surface area contributed by atoms with Crippen LogP contribution >= 0.6 is 11.6 Å². The molecule has 0 unspecified atom stereocenters. The van der Waals surface area contributed by atoms with Crippen LogP contribution in [0.4, 0.5) is 0 Å². The number of aromatic amines is 1. The molecule has 1 N–H and O–H groups in total. The number of hydrogen-bond donors (Lipinski definition) is 1. The third kappa shape index (κ3) is 5.22. The first-order chi connectivity index (χ1) is 15.1. The van der Waals surface area contributed by atoms with E-state index in [1.54, 1.807) is 0 Å². The molecule has 2 heterocycles. The van der Waals surface area contributed by atoms with Gasteiger partial charge in [-0.3, -0.25) is 0 Å². The lowest BCUT2D eigenvalue weighted by atomic mass is 10.1. The van der Waals surface area contributed by atoms with Crippen LogP contribution in [0.1, 0.15) is 31.4 Å². The highest BCUT2D eigenvalue weighted by Gasteiger charge is 2.14. The second kappa shape index (κ2) is 10.0. The molecule has 0 saturated carbocycles. The van der Waals surface area contributed by atoms with Gasteiger partial charge in [-0.25, -0.2) is 4.98 Å². The molecule has 2 aromatic carbocycles. The average Bonchev–Trinajstić information content (AvgIpc) is 3.21. The number of benzene rings is 2. The van der Waals surface area contributed by atoms with Gasteiger partial charge in [0.15, 0.2) is 0 Å². The van der Waals surface area contributed by atoms with Gasteiger partial charge in [0.1, 0.15) is 11.6 Å². The van der Waals surface area contributed by atoms with E-state index in [0.29, 0.717) is 11.6 Å². The molecule has 1 aromatic heterocycles. The second-order valence-corrected chi connectivity index (χ2v) is 8.84. The first-order valence-electron chi connectivity index (χ1n) is 11.4. The summed E-state index contributed by atoms with van der Waals surface area (Å²) in [5.74, 6) is 1.62. The number of hydrogen-bond acceptors (Lipinski definition) is 4. The molecular weight excluding hydrogens is 408 g/mol. The molecular formula is C25H33ClN4O. The number of fused-ring (bicyclic) bond motifs is 1. The van der Waals surface area contributed by atoms with Crippen molar-refractivity contribution >= 4 is 22.6 Å². The van der Waals surface area contributed by atoms with Gasteiger partial charge in [0.2, 0.25) is 0 Å². The number of imidazole rings is 1. The molecule has 1 fully saturated rings. The predicted molar refractivity (Wildman–Crippen MR) is 129 cm³/mol. The number of piperazine rings is 1. The number of nitrogens with one attached hydrogen (secondary N) is 1. The first-order valence-corrected chi connectivity index (χ1v) is 11.8. The fourth-order valence-corrected chi connectivity index (χ4v) is 4.44. The Hall–Kier alpha value is -2.08. The Morgan fingerprint density at radius 3 is 2.58 bits per heavy atom. The Morgan fingerprint density at radius 2 is 1.87 bits per heavy atom. The summed E-state index contributed by atoms with van der Waals surface area (Å²) in [5.41, 5.74) is 5.61. The highest BCUT2D eigenvalue weighted by molar-refractivity contribution is 6.33. The summed E-state index contributed by atoms with van der Waals surface area (Å²) in [4.78, 5) is 13.2. The van der Waals surface area contributed by atoms with E-state index in [1.165, 1.54) is 11.1 Å². The SMILES string of the molecule is CCc1cc(CC)c2nc(-c3ccc(OCCCN4CCN(C)CC4)cc3Cl)[nH]c2c1. The van der Waals surface area contributed by atoms with E-state index in [2.05, 4.69) is 47.8 Å². The van der Waals surface area contributed by atoms with Gasteiger partial charge in [0.25, 0.3) is 0 Å². The zero-order valence-corrected chi connectivity index (χ0v) is 19.6. The van der Waals surface area contributed by atoms with Crippen molar-refractivity contribution in [3.05, 3.63) is 46.5 Å². The standard InChI is InChI=1S/C25H33ClN4O/c1-4-18-15-19(5-2)24-23(16-18)27-25(28-24)21-8-7-20(17-22(21)26)31-14-6-9-30-12-10-29(3)11-13-30/h7-8,15-17H,4-6,9-14H2,1-3H3,(H,27,28). The smallest absolute Gasteiger partial charge is 0.140 e. The van der Waals surface area contributed by atoms with Gasteiger partial charge in [-0.1, -0.05) is 31.5 Å². The van der Waals surface area contributed by atoms with E-state index in [9.17, 15) is 0 Å². The third-order valence-electron chi connectivity index (χ3n) is 6.19. The van der Waals surface area contributed by atoms with Crippen molar-refractivity contribution < 1.29 is 4.74 Å². The summed E-state index contributed by atoms with van der Waals surface area (Å²) in [6.45, 7) is 10.7. The van der Waals surface area contributed by atoms with Crippen LogP contribution in [0.25, 0.3) is 22.4 Å². The van der Waals surface area contributed by atoms with Crippen LogP contribution in [-0.2, 0) is 12.8 Å². The zero-order chi connectivity index (χ0) is 21.8.